The third kappa shape index (κ3) is 19.0. The molecule has 0 aromatic heterocycles. The fourth-order valence-electron chi connectivity index (χ4n) is 5.59. The molecule has 3 aromatic carbocycles. The molecule has 0 amide bonds. The van der Waals surface area contributed by atoms with Crippen LogP contribution in [0.1, 0.15) is 115 Å². The lowest BCUT2D eigenvalue weighted by molar-refractivity contribution is -0.0000158. The Kier molecular flexibility index (Phi) is 25.1. The van der Waals surface area contributed by atoms with Gasteiger partial charge in [-0.1, -0.05) is 128 Å². The predicted octanol–water partition coefficient (Wildman–Crippen LogP) is 8.47. The van der Waals surface area contributed by atoms with Gasteiger partial charge in [0.05, 0.1) is 29.0 Å². The second-order valence-corrected chi connectivity index (χ2v) is 14.6. The molecule has 0 fully saturated rings. The molecule has 0 aliphatic heterocycles. The van der Waals surface area contributed by atoms with Crippen LogP contribution in [0.15, 0.2) is 107 Å². The van der Waals surface area contributed by atoms with Crippen molar-refractivity contribution in [3.05, 3.63) is 130 Å². The highest BCUT2D eigenvalue weighted by atomic mass is 19.4. The van der Waals surface area contributed by atoms with Crippen LogP contribution in [0.3, 0.4) is 0 Å². The Hall–Kier alpha value is -4.39. The highest BCUT2D eigenvalue weighted by Crippen LogP contribution is 2.35. The van der Waals surface area contributed by atoms with Crippen molar-refractivity contribution in [2.75, 3.05) is 45.5 Å². The fourth-order valence-corrected chi connectivity index (χ4v) is 5.59. The van der Waals surface area contributed by atoms with Crippen LogP contribution in [-0.2, 0) is 4.74 Å². The number of nitrogens with two attached hydrogens (primary N) is 1. The molecule has 12 heteroatoms. The van der Waals surface area contributed by atoms with Crippen LogP contribution in [0.2, 0.25) is 0 Å². The SMILES string of the molecule is CC(C)c1cccc(C(C)C)c1N=c1cccccc1NN(C)C.CCOC1=C(Nc2c(C(C)C)cccc2C(C)C)C=CC=CC1.CN(C)N.FB(F)F.[F-]. The van der Waals surface area contributed by atoms with E-state index in [1.807, 2.05) is 44.2 Å². The molecule has 3 aromatic rings. The topological polar surface area (TPSA) is 78.2 Å². The molecule has 0 unspecified atom stereocenters. The van der Waals surface area contributed by atoms with E-state index in [4.69, 9.17) is 15.6 Å². The molecule has 310 valence electrons. The van der Waals surface area contributed by atoms with Gasteiger partial charge in [0.15, 0.2) is 0 Å². The number of nitrogens with zero attached hydrogens (tertiary/aromatic N) is 3. The van der Waals surface area contributed by atoms with Gasteiger partial charge in [0.1, 0.15) is 5.76 Å². The molecule has 0 heterocycles. The van der Waals surface area contributed by atoms with E-state index in [1.165, 1.54) is 33.0 Å². The number of hydrazine groups is 2. The molecule has 56 heavy (non-hydrogen) atoms. The van der Waals surface area contributed by atoms with E-state index < -0.39 is 7.54 Å². The summed E-state index contributed by atoms with van der Waals surface area (Å²) in [4.78, 5) is 5.09. The standard InChI is InChI=1S/C21H29N3.C21H29NO.C2H8N2.BF3.FH/c1-15(2)17-11-10-12-18(16(3)4)21(17)22-19-13-8-7-9-14-20(19)23-24(5)6;1-6-23-20-14-9-7-8-13-19(20)22-21-17(15(2)3)11-10-12-18(21)16(4)5;1-4(2)3;2-1(3)4;/h7-16H,1-6H3,(H,22,23);7-13,15-16,22H,6,14H2,1-5H3;3H2,1-2H3;;1H/p-1. The highest BCUT2D eigenvalue weighted by Gasteiger charge is 2.17. The zero-order valence-electron chi connectivity index (χ0n) is 35.8. The van der Waals surface area contributed by atoms with Crippen molar-refractivity contribution in [3.8, 4) is 0 Å². The van der Waals surface area contributed by atoms with Crippen LogP contribution in [-0.4, -0.2) is 52.4 Å². The van der Waals surface area contributed by atoms with Crippen molar-refractivity contribution in [2.45, 2.75) is 92.4 Å². The zero-order chi connectivity index (χ0) is 41.7. The van der Waals surface area contributed by atoms with E-state index in [0.717, 1.165) is 34.6 Å². The monoisotopic (exact) mass is 782 g/mol. The van der Waals surface area contributed by atoms with Crippen molar-refractivity contribution >= 4 is 24.6 Å². The number of nitrogens with one attached hydrogen (secondary N) is 2. The number of para-hydroxylation sites is 2. The van der Waals surface area contributed by atoms with Crippen LogP contribution in [0, 0.1) is 0 Å². The molecule has 0 radical (unpaired) electrons. The third-order valence-corrected chi connectivity index (χ3v) is 8.00. The molecule has 1 aliphatic rings. The summed E-state index contributed by atoms with van der Waals surface area (Å²) in [5.41, 5.74) is 13.0. The summed E-state index contributed by atoms with van der Waals surface area (Å²) < 4.78 is 34.9. The fraction of sp³-hybridized carbons (Fsp3) is 0.432. The molecule has 0 saturated carbocycles. The number of ether oxygens (including phenoxy) is 1. The van der Waals surface area contributed by atoms with Gasteiger partial charge in [-0.25, -0.2) is 10.0 Å². The Morgan fingerprint density at radius 2 is 1.20 bits per heavy atom. The van der Waals surface area contributed by atoms with Gasteiger partial charge >= 0.3 is 7.54 Å². The summed E-state index contributed by atoms with van der Waals surface area (Å²) in [6, 6.07) is 23.4. The zero-order valence-corrected chi connectivity index (χ0v) is 35.8. The van der Waals surface area contributed by atoms with E-state index in [9.17, 15) is 12.9 Å². The van der Waals surface area contributed by atoms with E-state index in [0.29, 0.717) is 30.3 Å². The lowest BCUT2D eigenvalue weighted by atomic mass is 9.92. The quantitative estimate of drug-likeness (QED) is 0.0785. The second kappa shape index (κ2) is 27.3. The van der Waals surface area contributed by atoms with Gasteiger partial charge in [0.25, 0.3) is 0 Å². The normalized spacial score (nSPS) is 12.4. The minimum atomic E-state index is -3.67. The van der Waals surface area contributed by atoms with Crippen LogP contribution in [0.5, 0.6) is 0 Å². The number of rotatable bonds is 11. The van der Waals surface area contributed by atoms with Crippen molar-refractivity contribution in [1.82, 2.24) is 10.0 Å². The molecular weight excluding hydrogens is 715 g/mol. The summed E-state index contributed by atoms with van der Waals surface area (Å²) in [7, 11) is 3.86. The molecule has 0 saturated heterocycles. The van der Waals surface area contributed by atoms with Crippen molar-refractivity contribution in [1.29, 1.82) is 0 Å². The average Bonchev–Trinajstić information content (AvgIpc) is 3.44. The second-order valence-electron chi connectivity index (χ2n) is 14.6. The smallest absolute Gasteiger partial charge is 0.762 e. The average molecular weight is 782 g/mol. The van der Waals surface area contributed by atoms with Crippen molar-refractivity contribution in [3.63, 3.8) is 0 Å². The first-order valence-electron chi connectivity index (χ1n) is 19.0. The van der Waals surface area contributed by atoms with Gasteiger partial charge in [-0.3, -0.25) is 23.8 Å². The number of benzene rings is 2. The number of anilines is 2. The first kappa shape index (κ1) is 51.6. The van der Waals surface area contributed by atoms with Gasteiger partial charge in [0.2, 0.25) is 0 Å². The predicted molar refractivity (Wildman–Crippen MR) is 230 cm³/mol. The maximum Gasteiger partial charge on any atom is 0.762 e. The van der Waals surface area contributed by atoms with Gasteiger partial charge in [-0.15, -0.1) is 0 Å². The Balaban J connectivity index is 0.000000893. The van der Waals surface area contributed by atoms with E-state index in [1.54, 1.807) is 14.1 Å². The van der Waals surface area contributed by atoms with Gasteiger partial charge in [0, 0.05) is 40.3 Å². The molecular formula is C44H66BF4N6O-. The molecule has 0 spiro atoms. The highest BCUT2D eigenvalue weighted by molar-refractivity contribution is 6.33. The maximum atomic E-state index is 9.67. The van der Waals surface area contributed by atoms with Crippen molar-refractivity contribution in [2.24, 2.45) is 10.8 Å². The van der Waals surface area contributed by atoms with Crippen molar-refractivity contribution < 1.29 is 22.4 Å². The summed E-state index contributed by atoms with van der Waals surface area (Å²) in [6.07, 6.45) is 9.21. The number of allylic oxidation sites excluding steroid dienone is 4. The van der Waals surface area contributed by atoms with E-state index >= 15 is 0 Å². The lowest BCUT2D eigenvalue weighted by Gasteiger charge is -2.22. The Morgan fingerprint density at radius 1 is 0.732 bits per heavy atom. The Bertz CT molecular complexity index is 1680. The molecule has 0 bridgehead atoms. The number of halogens is 4. The van der Waals surface area contributed by atoms with Crippen LogP contribution in [0.25, 0.3) is 0 Å². The Labute approximate surface area is 335 Å². The molecule has 0 atom stereocenters. The van der Waals surface area contributed by atoms with Gasteiger partial charge < -0.3 is 20.2 Å². The van der Waals surface area contributed by atoms with Crippen LogP contribution < -0.4 is 26.6 Å². The summed E-state index contributed by atoms with van der Waals surface area (Å²) in [5, 5.41) is 8.07. The minimum Gasteiger partial charge on any atom is -1.00 e. The maximum absolute atomic E-state index is 9.67. The molecule has 4 rings (SSSR count). The van der Waals surface area contributed by atoms with E-state index in [2.05, 4.69) is 139 Å². The summed E-state index contributed by atoms with van der Waals surface area (Å²) >= 11 is 0. The first-order chi connectivity index (χ1) is 25.9. The van der Waals surface area contributed by atoms with Gasteiger partial charge in [-0.05, 0) is 71.1 Å². The first-order valence-corrected chi connectivity index (χ1v) is 19.0. The van der Waals surface area contributed by atoms with Gasteiger partial charge in [-0.2, -0.15) is 0 Å². The lowest BCUT2D eigenvalue weighted by Crippen LogP contribution is -3.00. The Morgan fingerprint density at radius 3 is 1.64 bits per heavy atom. The largest absolute Gasteiger partial charge is 1.00 e. The molecule has 7 nitrogen and oxygen atoms in total. The summed E-state index contributed by atoms with van der Waals surface area (Å²) in [6.45, 7) is 20.6. The number of hydrogen-bond acceptors (Lipinski definition) is 7. The number of hydrogen-bond donors (Lipinski definition) is 3. The van der Waals surface area contributed by atoms with Crippen LogP contribution in [0.4, 0.5) is 30.0 Å². The molecule has 1 aliphatic carbocycles. The van der Waals surface area contributed by atoms with Crippen LogP contribution >= 0.6 is 0 Å². The summed E-state index contributed by atoms with van der Waals surface area (Å²) in [5.74, 6) is 7.77. The molecule has 4 N–H and O–H groups in total. The van der Waals surface area contributed by atoms with E-state index in [-0.39, 0.29) is 4.70 Å². The minimum absolute atomic E-state index is 0. The third-order valence-electron chi connectivity index (χ3n) is 8.00.